The van der Waals surface area contributed by atoms with Gasteiger partial charge in [0, 0.05) is 16.8 Å². The number of methoxy groups -OCH3 is 1. The number of amides is 2. The number of carbonyl (C=O) groups excluding carboxylic acids is 2. The minimum atomic E-state index is -0.540. The van der Waals surface area contributed by atoms with E-state index in [1.54, 1.807) is 55.6 Å². The van der Waals surface area contributed by atoms with Gasteiger partial charge in [-0.15, -0.1) is 0 Å². The van der Waals surface area contributed by atoms with E-state index in [2.05, 4.69) is 10.6 Å². The molecule has 6 nitrogen and oxygen atoms in total. The number of primary amides is 1. The number of carbonyl (C=O) groups is 2. The van der Waals surface area contributed by atoms with Crippen molar-refractivity contribution in [2.75, 3.05) is 12.4 Å². The SMILES string of the molecule is COc1ccc(C(=O)NC(=S)Nc2cccc(C(N)=O)c2)cc1. The number of anilines is 1. The molecule has 0 aliphatic heterocycles. The van der Waals surface area contributed by atoms with Crippen molar-refractivity contribution in [3.8, 4) is 5.75 Å². The molecule has 7 heteroatoms. The Balaban J connectivity index is 1.99. The van der Waals surface area contributed by atoms with E-state index in [1.807, 2.05) is 0 Å². The fraction of sp³-hybridized carbons (Fsp3) is 0.0625. The summed E-state index contributed by atoms with van der Waals surface area (Å²) in [5, 5.41) is 5.50. The van der Waals surface area contributed by atoms with Crippen molar-refractivity contribution in [3.05, 3.63) is 59.7 Å². The Labute approximate surface area is 138 Å². The van der Waals surface area contributed by atoms with E-state index in [4.69, 9.17) is 22.7 Å². The summed E-state index contributed by atoms with van der Waals surface area (Å²) in [5.74, 6) is -0.233. The minimum absolute atomic E-state index is 0.118. The maximum atomic E-state index is 12.1. The Morgan fingerprint density at radius 2 is 1.78 bits per heavy atom. The van der Waals surface area contributed by atoms with Gasteiger partial charge >= 0.3 is 0 Å². The van der Waals surface area contributed by atoms with Gasteiger partial charge < -0.3 is 15.8 Å². The molecule has 0 saturated heterocycles. The van der Waals surface area contributed by atoms with E-state index >= 15 is 0 Å². The summed E-state index contributed by atoms with van der Waals surface area (Å²) < 4.78 is 5.03. The number of nitrogens with two attached hydrogens (primary N) is 1. The van der Waals surface area contributed by atoms with Gasteiger partial charge in [0.25, 0.3) is 5.91 Å². The first-order valence-corrected chi connectivity index (χ1v) is 7.06. The van der Waals surface area contributed by atoms with Crippen LogP contribution in [-0.4, -0.2) is 24.0 Å². The van der Waals surface area contributed by atoms with Crippen molar-refractivity contribution in [3.63, 3.8) is 0 Å². The molecule has 0 aromatic heterocycles. The van der Waals surface area contributed by atoms with E-state index in [0.717, 1.165) is 0 Å². The molecule has 0 spiro atoms. The Hall–Kier alpha value is -2.93. The van der Waals surface area contributed by atoms with Crippen LogP contribution >= 0.6 is 12.2 Å². The first kappa shape index (κ1) is 16.4. The van der Waals surface area contributed by atoms with E-state index in [1.165, 1.54) is 0 Å². The molecule has 23 heavy (non-hydrogen) atoms. The molecule has 2 aromatic rings. The summed E-state index contributed by atoms with van der Waals surface area (Å²) in [4.78, 5) is 23.2. The highest BCUT2D eigenvalue weighted by molar-refractivity contribution is 7.80. The van der Waals surface area contributed by atoms with Gasteiger partial charge in [0.2, 0.25) is 5.91 Å². The number of hydrogen-bond donors (Lipinski definition) is 3. The van der Waals surface area contributed by atoms with Crippen molar-refractivity contribution >= 4 is 34.8 Å². The van der Waals surface area contributed by atoms with Crippen LogP contribution < -0.4 is 21.1 Å². The summed E-state index contributed by atoms with van der Waals surface area (Å²) >= 11 is 5.09. The van der Waals surface area contributed by atoms with Gasteiger partial charge in [-0.1, -0.05) is 6.07 Å². The number of ether oxygens (including phenoxy) is 1. The van der Waals surface area contributed by atoms with Gasteiger partial charge in [0.1, 0.15) is 5.75 Å². The lowest BCUT2D eigenvalue weighted by atomic mass is 10.2. The molecule has 0 atom stereocenters. The number of hydrogen-bond acceptors (Lipinski definition) is 4. The van der Waals surface area contributed by atoms with Crippen molar-refractivity contribution in [2.24, 2.45) is 5.73 Å². The van der Waals surface area contributed by atoms with Crippen molar-refractivity contribution in [2.45, 2.75) is 0 Å². The van der Waals surface area contributed by atoms with Crippen molar-refractivity contribution in [1.82, 2.24) is 5.32 Å². The highest BCUT2D eigenvalue weighted by atomic mass is 32.1. The largest absolute Gasteiger partial charge is 0.497 e. The molecule has 0 aliphatic carbocycles. The molecule has 4 N–H and O–H groups in total. The maximum absolute atomic E-state index is 12.1. The highest BCUT2D eigenvalue weighted by Crippen LogP contribution is 2.12. The predicted molar refractivity (Wildman–Crippen MR) is 91.6 cm³/mol. The van der Waals surface area contributed by atoms with Crippen LogP contribution in [0.2, 0.25) is 0 Å². The lowest BCUT2D eigenvalue weighted by Crippen LogP contribution is -2.34. The minimum Gasteiger partial charge on any atom is -0.497 e. The summed E-state index contributed by atoms with van der Waals surface area (Å²) in [7, 11) is 1.55. The molecule has 0 saturated carbocycles. The quantitative estimate of drug-likeness (QED) is 0.745. The number of nitrogens with one attached hydrogen (secondary N) is 2. The molecule has 0 unspecified atom stereocenters. The summed E-state index contributed by atoms with van der Waals surface area (Å²) in [6.45, 7) is 0. The molecule has 2 rings (SSSR count). The third-order valence-corrected chi connectivity index (χ3v) is 3.19. The van der Waals surface area contributed by atoms with Crippen LogP contribution in [0.5, 0.6) is 5.75 Å². The van der Waals surface area contributed by atoms with Gasteiger partial charge in [-0.3, -0.25) is 14.9 Å². The summed E-state index contributed by atoms with van der Waals surface area (Å²) in [5.41, 5.74) is 6.56. The fourth-order valence-electron chi connectivity index (χ4n) is 1.83. The molecule has 0 bridgehead atoms. The smallest absolute Gasteiger partial charge is 0.257 e. The zero-order valence-corrected chi connectivity index (χ0v) is 13.1. The van der Waals surface area contributed by atoms with E-state index in [-0.39, 0.29) is 11.0 Å². The zero-order valence-electron chi connectivity index (χ0n) is 12.3. The van der Waals surface area contributed by atoms with Gasteiger partial charge in [-0.05, 0) is 54.7 Å². The van der Waals surface area contributed by atoms with Crippen LogP contribution in [0.4, 0.5) is 5.69 Å². The average Bonchev–Trinajstić information content (AvgIpc) is 2.55. The maximum Gasteiger partial charge on any atom is 0.257 e. The average molecular weight is 329 g/mol. The Morgan fingerprint density at radius 3 is 2.39 bits per heavy atom. The van der Waals surface area contributed by atoms with Crippen LogP contribution in [-0.2, 0) is 0 Å². The van der Waals surface area contributed by atoms with Crippen molar-refractivity contribution in [1.29, 1.82) is 0 Å². The summed E-state index contributed by atoms with van der Waals surface area (Å²) in [6.07, 6.45) is 0. The predicted octanol–water partition coefficient (Wildman–Crippen LogP) is 1.92. The molecule has 0 heterocycles. The number of rotatable bonds is 4. The fourth-order valence-corrected chi connectivity index (χ4v) is 2.04. The molecule has 0 radical (unpaired) electrons. The standard InChI is InChI=1S/C16H15N3O3S/c1-22-13-7-5-10(6-8-13)15(21)19-16(23)18-12-4-2-3-11(9-12)14(17)20/h2-9H,1H3,(H2,17,20)(H2,18,19,21,23). The molecular weight excluding hydrogens is 314 g/mol. The highest BCUT2D eigenvalue weighted by Gasteiger charge is 2.09. The van der Waals surface area contributed by atoms with Crippen LogP contribution in [0, 0.1) is 0 Å². The molecule has 2 aromatic carbocycles. The van der Waals surface area contributed by atoms with E-state index < -0.39 is 5.91 Å². The van der Waals surface area contributed by atoms with Crippen LogP contribution in [0.3, 0.4) is 0 Å². The second-order valence-corrected chi connectivity index (χ2v) is 4.99. The van der Waals surface area contributed by atoms with E-state index in [0.29, 0.717) is 22.6 Å². The monoisotopic (exact) mass is 329 g/mol. The Kier molecular flexibility index (Phi) is 5.27. The molecule has 118 valence electrons. The molecule has 0 aliphatic rings. The topological polar surface area (TPSA) is 93.4 Å². The third-order valence-electron chi connectivity index (χ3n) is 2.98. The van der Waals surface area contributed by atoms with Gasteiger partial charge in [-0.2, -0.15) is 0 Å². The van der Waals surface area contributed by atoms with Gasteiger partial charge in [0.05, 0.1) is 7.11 Å². The molecule has 2 amide bonds. The van der Waals surface area contributed by atoms with Gasteiger partial charge in [-0.25, -0.2) is 0 Å². The first-order chi connectivity index (χ1) is 11.0. The zero-order chi connectivity index (χ0) is 16.8. The second kappa shape index (κ2) is 7.37. The van der Waals surface area contributed by atoms with Crippen LogP contribution in [0.25, 0.3) is 0 Å². The lowest BCUT2D eigenvalue weighted by molar-refractivity contribution is 0.0974. The van der Waals surface area contributed by atoms with E-state index in [9.17, 15) is 9.59 Å². The van der Waals surface area contributed by atoms with Crippen LogP contribution in [0.15, 0.2) is 48.5 Å². The first-order valence-electron chi connectivity index (χ1n) is 6.66. The Bertz CT molecular complexity index is 744. The Morgan fingerprint density at radius 1 is 1.09 bits per heavy atom. The normalized spacial score (nSPS) is 9.78. The third kappa shape index (κ3) is 4.52. The lowest BCUT2D eigenvalue weighted by Gasteiger charge is -2.10. The van der Waals surface area contributed by atoms with Crippen LogP contribution in [0.1, 0.15) is 20.7 Å². The van der Waals surface area contributed by atoms with Gasteiger partial charge in [0.15, 0.2) is 5.11 Å². The second-order valence-electron chi connectivity index (χ2n) is 4.58. The van der Waals surface area contributed by atoms with Crippen molar-refractivity contribution < 1.29 is 14.3 Å². The summed E-state index contributed by atoms with van der Waals surface area (Å²) in [6, 6.07) is 13.1. The molecular formula is C16H15N3O3S. The molecule has 0 fully saturated rings. The number of benzene rings is 2. The number of thiocarbonyl (C=S) groups is 1.